The van der Waals surface area contributed by atoms with E-state index in [0.717, 1.165) is 155 Å². The SMILES string of the molecule is c1ccc2c(c1)oc1cc(-c3cc(-c4ccc5c(c4)oc4ccccc45)cc(-c4ccc5c6ccc(-c7cc(-c8ccc9c(c8)oc8ccccc89)cc(-c8ccc9c(c8)oc8ccccc89)c7)cc6c6ccccc6c5c4)c3)ccc12. The third-order valence-electron chi connectivity index (χ3n) is 17.2. The first-order chi connectivity index (χ1) is 40.5. The Bertz CT molecular complexity index is 5080. The van der Waals surface area contributed by atoms with Crippen LogP contribution in [0.4, 0.5) is 0 Å². The third-order valence-corrected chi connectivity index (χ3v) is 17.2. The van der Waals surface area contributed by atoms with Gasteiger partial charge in [0.15, 0.2) is 0 Å². The number of hydrogen-bond acceptors (Lipinski definition) is 4. The van der Waals surface area contributed by atoms with Gasteiger partial charge in [0.05, 0.1) is 0 Å². The van der Waals surface area contributed by atoms with Crippen molar-refractivity contribution in [3.63, 3.8) is 0 Å². The molecule has 0 spiro atoms. The van der Waals surface area contributed by atoms with Gasteiger partial charge in [0, 0.05) is 43.1 Å². The van der Waals surface area contributed by atoms with Crippen molar-refractivity contribution in [2.24, 2.45) is 0 Å². The molecular formula is C78H44O4. The fourth-order valence-corrected chi connectivity index (χ4v) is 13.2. The molecule has 0 amide bonds. The minimum absolute atomic E-state index is 0.872. The quantitative estimate of drug-likeness (QED) is 0.156. The second-order valence-electron chi connectivity index (χ2n) is 21.9. The Labute approximate surface area is 468 Å². The summed E-state index contributed by atoms with van der Waals surface area (Å²) in [7, 11) is 0. The lowest BCUT2D eigenvalue weighted by molar-refractivity contribution is 0.668. The molecule has 380 valence electrons. The molecule has 18 rings (SSSR count). The van der Waals surface area contributed by atoms with Crippen molar-refractivity contribution >= 4 is 120 Å². The summed E-state index contributed by atoms with van der Waals surface area (Å²) in [4.78, 5) is 0. The van der Waals surface area contributed by atoms with Crippen LogP contribution in [-0.2, 0) is 0 Å². The van der Waals surface area contributed by atoms with Crippen molar-refractivity contribution in [1.29, 1.82) is 0 Å². The maximum atomic E-state index is 6.45. The Balaban J connectivity index is 0.792. The fourth-order valence-electron chi connectivity index (χ4n) is 13.2. The molecule has 0 aliphatic carbocycles. The van der Waals surface area contributed by atoms with Crippen LogP contribution in [0.1, 0.15) is 0 Å². The maximum absolute atomic E-state index is 6.45. The van der Waals surface area contributed by atoms with E-state index < -0.39 is 0 Å². The summed E-state index contributed by atoms with van der Waals surface area (Å²) in [5.41, 5.74) is 20.3. The lowest BCUT2D eigenvalue weighted by atomic mass is 9.88. The minimum atomic E-state index is 0.872. The van der Waals surface area contributed by atoms with Gasteiger partial charge in [-0.15, -0.1) is 0 Å². The summed E-state index contributed by atoms with van der Waals surface area (Å²) >= 11 is 0. The van der Waals surface area contributed by atoms with Gasteiger partial charge in [-0.1, -0.05) is 146 Å². The molecule has 0 atom stereocenters. The molecule has 0 N–H and O–H groups in total. The third kappa shape index (κ3) is 6.98. The van der Waals surface area contributed by atoms with Crippen molar-refractivity contribution < 1.29 is 17.7 Å². The van der Waals surface area contributed by atoms with Gasteiger partial charge in [0.2, 0.25) is 0 Å². The summed E-state index contributed by atoms with van der Waals surface area (Å²) in [6, 6.07) is 96.4. The molecule has 0 bridgehead atoms. The van der Waals surface area contributed by atoms with E-state index >= 15 is 0 Å². The zero-order valence-corrected chi connectivity index (χ0v) is 44.0. The Kier molecular flexibility index (Phi) is 9.48. The summed E-state index contributed by atoms with van der Waals surface area (Å²) in [6.07, 6.45) is 0. The molecule has 0 fully saturated rings. The molecule has 82 heavy (non-hydrogen) atoms. The lowest BCUT2D eigenvalue weighted by Crippen LogP contribution is -1.89. The van der Waals surface area contributed by atoms with E-state index in [2.05, 4.69) is 218 Å². The van der Waals surface area contributed by atoms with Gasteiger partial charge in [-0.05, 0) is 220 Å². The molecule has 4 heterocycles. The number of hydrogen-bond donors (Lipinski definition) is 0. The van der Waals surface area contributed by atoms with E-state index in [1.807, 2.05) is 48.5 Å². The average molecular weight is 1050 g/mol. The van der Waals surface area contributed by atoms with Crippen LogP contribution in [0.25, 0.3) is 187 Å². The number of para-hydroxylation sites is 4. The summed E-state index contributed by atoms with van der Waals surface area (Å²) in [6.45, 7) is 0. The van der Waals surface area contributed by atoms with Gasteiger partial charge >= 0.3 is 0 Å². The molecule has 4 nitrogen and oxygen atoms in total. The van der Waals surface area contributed by atoms with Crippen LogP contribution in [0, 0.1) is 0 Å². The molecule has 0 saturated carbocycles. The van der Waals surface area contributed by atoms with Gasteiger partial charge in [0.25, 0.3) is 0 Å². The van der Waals surface area contributed by atoms with E-state index in [1.165, 1.54) is 32.3 Å². The standard InChI is InChI=1S/C78H44O4/c1-2-12-58-57(11-1)69-39-45(51-33-53(47-23-29-65-61-13-3-7-17-71(61)79-75(65)41-47)37-54(34-51)48-24-30-66-62-14-4-8-18-72(62)80-76(66)42-48)21-27-59(69)60-28-22-46(40-70(58)60)52-35-55(49-25-31-67-63-15-5-9-19-73(63)81-77(67)43-49)38-56(36-52)50-26-32-68-64-16-6-10-20-74(64)82-78(68)44-50/h1-44H. The molecule has 14 aromatic carbocycles. The highest BCUT2D eigenvalue weighted by Gasteiger charge is 2.18. The van der Waals surface area contributed by atoms with Gasteiger partial charge in [-0.3, -0.25) is 0 Å². The Morgan fingerprint density at radius 3 is 0.585 bits per heavy atom. The van der Waals surface area contributed by atoms with Gasteiger partial charge in [-0.2, -0.15) is 0 Å². The Morgan fingerprint density at radius 1 is 0.122 bits per heavy atom. The van der Waals surface area contributed by atoms with E-state index in [4.69, 9.17) is 17.7 Å². The highest BCUT2D eigenvalue weighted by molar-refractivity contribution is 6.26. The van der Waals surface area contributed by atoms with Crippen molar-refractivity contribution in [2.45, 2.75) is 0 Å². The predicted molar refractivity (Wildman–Crippen MR) is 341 cm³/mol. The monoisotopic (exact) mass is 1040 g/mol. The molecule has 18 aromatic rings. The number of rotatable bonds is 6. The average Bonchev–Trinajstić information content (AvgIpc) is 3.20. The van der Waals surface area contributed by atoms with Crippen LogP contribution >= 0.6 is 0 Å². The summed E-state index contributed by atoms with van der Waals surface area (Å²) in [5.74, 6) is 0. The molecule has 0 saturated heterocycles. The highest BCUT2D eigenvalue weighted by Crippen LogP contribution is 2.44. The van der Waals surface area contributed by atoms with Gasteiger partial charge < -0.3 is 17.7 Å². The smallest absolute Gasteiger partial charge is 0.136 e. The van der Waals surface area contributed by atoms with Crippen molar-refractivity contribution in [1.82, 2.24) is 0 Å². The second-order valence-corrected chi connectivity index (χ2v) is 21.9. The van der Waals surface area contributed by atoms with Crippen molar-refractivity contribution in [2.75, 3.05) is 0 Å². The van der Waals surface area contributed by atoms with Crippen molar-refractivity contribution in [3.05, 3.63) is 267 Å². The second kappa shape index (κ2) is 17.3. The molecule has 0 unspecified atom stereocenters. The molecule has 0 aliphatic rings. The molecule has 4 heteroatoms. The highest BCUT2D eigenvalue weighted by atomic mass is 16.3. The minimum Gasteiger partial charge on any atom is -0.456 e. The normalized spacial score (nSPS) is 12.1. The zero-order valence-electron chi connectivity index (χ0n) is 44.0. The fraction of sp³-hybridized carbons (Fsp3) is 0. The molecule has 4 aromatic heterocycles. The van der Waals surface area contributed by atoms with Crippen LogP contribution in [0.15, 0.2) is 285 Å². The largest absolute Gasteiger partial charge is 0.456 e. The summed E-state index contributed by atoms with van der Waals surface area (Å²) in [5, 5.41) is 16.2. The van der Waals surface area contributed by atoms with Gasteiger partial charge in [0.1, 0.15) is 44.7 Å². The van der Waals surface area contributed by atoms with Crippen molar-refractivity contribution in [3.8, 4) is 66.8 Å². The predicted octanol–water partition coefficient (Wildman–Crippen LogP) is 22.7. The van der Waals surface area contributed by atoms with Crippen LogP contribution in [0.5, 0.6) is 0 Å². The van der Waals surface area contributed by atoms with E-state index in [-0.39, 0.29) is 0 Å². The number of fused-ring (bicyclic) bond motifs is 18. The Morgan fingerprint density at radius 2 is 0.317 bits per heavy atom. The molecule has 0 radical (unpaired) electrons. The van der Waals surface area contributed by atoms with E-state index in [0.29, 0.717) is 0 Å². The van der Waals surface area contributed by atoms with Crippen LogP contribution < -0.4 is 0 Å². The molecule has 0 aliphatic heterocycles. The lowest BCUT2D eigenvalue weighted by Gasteiger charge is -2.16. The number of furan rings is 4. The van der Waals surface area contributed by atoms with Crippen LogP contribution in [0.2, 0.25) is 0 Å². The van der Waals surface area contributed by atoms with E-state index in [1.54, 1.807) is 0 Å². The van der Waals surface area contributed by atoms with Gasteiger partial charge in [-0.25, -0.2) is 0 Å². The van der Waals surface area contributed by atoms with Crippen LogP contribution in [0.3, 0.4) is 0 Å². The topological polar surface area (TPSA) is 52.6 Å². The Hall–Kier alpha value is -10.9. The first-order valence-corrected chi connectivity index (χ1v) is 27.9. The van der Waals surface area contributed by atoms with E-state index in [9.17, 15) is 0 Å². The summed E-state index contributed by atoms with van der Waals surface area (Å²) < 4.78 is 25.8. The number of benzene rings is 14. The zero-order chi connectivity index (χ0) is 53.6. The first kappa shape index (κ1) is 45.0. The first-order valence-electron chi connectivity index (χ1n) is 27.9. The maximum Gasteiger partial charge on any atom is 0.136 e. The molecular weight excluding hydrogens is 1000 g/mol. The van der Waals surface area contributed by atoms with Crippen LogP contribution in [-0.4, -0.2) is 0 Å².